The second-order valence-corrected chi connectivity index (χ2v) is 11.4. The van der Waals surface area contributed by atoms with Crippen molar-refractivity contribution in [1.82, 2.24) is 4.98 Å². The second-order valence-electron chi connectivity index (χ2n) is 8.36. The van der Waals surface area contributed by atoms with Crippen molar-refractivity contribution in [3.8, 4) is 0 Å². The molecule has 2 aliphatic rings. The number of nitrogens with two attached hydrogens (primary N) is 1. The van der Waals surface area contributed by atoms with Gasteiger partial charge in [0, 0.05) is 5.69 Å². The molecule has 1 saturated carbocycles. The van der Waals surface area contributed by atoms with Crippen LogP contribution in [0.4, 0.5) is 10.5 Å². The van der Waals surface area contributed by atoms with E-state index in [1.54, 1.807) is 13.8 Å². The molecule has 7 nitrogen and oxygen atoms in total. The Labute approximate surface area is 175 Å². The van der Waals surface area contributed by atoms with Crippen LogP contribution in [0.2, 0.25) is 0 Å². The number of nitrogens with one attached hydrogen (secondary N) is 1. The average molecular weight is 435 g/mol. The molecule has 0 bridgehead atoms. The van der Waals surface area contributed by atoms with Crippen LogP contribution < -0.4 is 10.5 Å². The highest BCUT2D eigenvalue weighted by Gasteiger charge is 2.30. The van der Waals surface area contributed by atoms with Crippen molar-refractivity contribution in [2.75, 3.05) is 5.32 Å². The van der Waals surface area contributed by atoms with Crippen LogP contribution in [0, 0.1) is 6.92 Å². The van der Waals surface area contributed by atoms with E-state index in [0.717, 1.165) is 47.4 Å². The summed E-state index contributed by atoms with van der Waals surface area (Å²) in [5.41, 5.74) is 4.43. The number of thiazole rings is 1. The Kier molecular flexibility index (Phi) is 5.05. The quantitative estimate of drug-likeness (QED) is 0.674. The van der Waals surface area contributed by atoms with Crippen LogP contribution >= 0.6 is 11.3 Å². The van der Waals surface area contributed by atoms with Crippen molar-refractivity contribution in [1.29, 1.82) is 0 Å². The number of benzene rings is 1. The normalized spacial score (nSPS) is 18.2. The van der Waals surface area contributed by atoms with Crippen molar-refractivity contribution >= 4 is 33.0 Å². The van der Waals surface area contributed by atoms with Crippen LogP contribution in [0.5, 0.6) is 0 Å². The minimum Gasteiger partial charge on any atom is -0.383 e. The molecule has 1 aromatic carbocycles. The number of hydrogen-bond acceptors (Lipinski definition) is 5. The fourth-order valence-electron chi connectivity index (χ4n) is 3.84. The smallest absolute Gasteiger partial charge is 0.354 e. The summed E-state index contributed by atoms with van der Waals surface area (Å²) >= 11 is 0.998. The van der Waals surface area contributed by atoms with Crippen molar-refractivity contribution < 1.29 is 14.1 Å². The first kappa shape index (κ1) is 20.5. The highest BCUT2D eigenvalue weighted by molar-refractivity contribution is 7.93. The second kappa shape index (κ2) is 7.16. The molecule has 29 heavy (non-hydrogen) atoms. The van der Waals surface area contributed by atoms with Crippen molar-refractivity contribution in [2.45, 2.75) is 68.6 Å². The third kappa shape index (κ3) is 4.09. The first-order chi connectivity index (χ1) is 13.6. The van der Waals surface area contributed by atoms with Gasteiger partial charge in [0.2, 0.25) is 0 Å². The topological polar surface area (TPSA) is 118 Å². The van der Waals surface area contributed by atoms with Gasteiger partial charge in [-0.05, 0) is 81.0 Å². The summed E-state index contributed by atoms with van der Waals surface area (Å²) in [7, 11) is -3.45. The van der Waals surface area contributed by atoms with Gasteiger partial charge in [-0.3, -0.25) is 0 Å². The first-order valence-electron chi connectivity index (χ1n) is 9.76. The van der Waals surface area contributed by atoms with Crippen molar-refractivity contribution in [3.05, 3.63) is 39.5 Å². The number of aryl methyl sites for hydroxylation is 1. The Bertz CT molecular complexity index is 1100. The number of carbonyl (C=O) groups excluding carboxylic acids is 1. The van der Waals surface area contributed by atoms with E-state index in [-0.39, 0.29) is 4.21 Å². The number of aliphatic hydroxyl groups is 1. The molecular weight excluding hydrogens is 408 g/mol. The largest absolute Gasteiger partial charge is 0.383 e. The lowest BCUT2D eigenvalue weighted by Gasteiger charge is -2.17. The van der Waals surface area contributed by atoms with Crippen LogP contribution in [0.3, 0.4) is 0 Å². The van der Waals surface area contributed by atoms with Crippen LogP contribution in [0.25, 0.3) is 0 Å². The van der Waals surface area contributed by atoms with E-state index in [4.69, 9.17) is 5.14 Å². The Morgan fingerprint density at radius 1 is 1.41 bits per heavy atom. The monoisotopic (exact) mass is 434 g/mol. The molecule has 4 rings (SSSR count). The standard InChI is InChI=1S/C20H26N4O3S2/c1-11-15(12-7-8-12)9-13-5-4-6-14(13)17(11)23-19(25)24-29(21,27)16-10-22-18(28-16)20(2,3)26/h9-10,12,26H,4-8H2,1-3H3,(H3,21,23,24,25,27)/t29-/m0/s1. The van der Waals surface area contributed by atoms with E-state index < -0.39 is 21.5 Å². The molecule has 156 valence electrons. The molecular formula is C20H26N4O3S2. The third-order valence-corrected chi connectivity index (χ3v) is 8.65. The molecule has 0 spiro atoms. The molecule has 1 aromatic heterocycles. The molecule has 0 saturated heterocycles. The summed E-state index contributed by atoms with van der Waals surface area (Å²) in [6, 6.07) is 1.57. The fraction of sp³-hybridized carbons (Fsp3) is 0.500. The zero-order chi connectivity index (χ0) is 21.0. The van der Waals surface area contributed by atoms with Gasteiger partial charge in [0.1, 0.15) is 14.8 Å². The highest BCUT2D eigenvalue weighted by Crippen LogP contribution is 2.46. The molecule has 9 heteroatoms. The number of anilines is 1. The summed E-state index contributed by atoms with van der Waals surface area (Å²) in [6.45, 7) is 5.18. The molecule has 4 N–H and O–H groups in total. The first-order valence-corrected chi connectivity index (χ1v) is 12.2. The van der Waals surface area contributed by atoms with Crippen LogP contribution in [-0.2, 0) is 28.4 Å². The highest BCUT2D eigenvalue weighted by atomic mass is 32.2. The van der Waals surface area contributed by atoms with Crippen molar-refractivity contribution in [2.24, 2.45) is 9.50 Å². The predicted octanol–water partition coefficient (Wildman–Crippen LogP) is 3.98. The average Bonchev–Trinajstić information content (AvgIpc) is 3.13. The molecule has 2 amide bonds. The number of nitrogens with zero attached hydrogens (tertiary/aromatic N) is 2. The van der Waals surface area contributed by atoms with Crippen LogP contribution in [0.15, 0.2) is 20.8 Å². The van der Waals surface area contributed by atoms with Gasteiger partial charge in [0.15, 0.2) is 9.92 Å². The molecule has 2 aliphatic carbocycles. The summed E-state index contributed by atoms with van der Waals surface area (Å²) in [5, 5.41) is 19.2. The summed E-state index contributed by atoms with van der Waals surface area (Å²) in [4.78, 5) is 16.7. The van der Waals surface area contributed by atoms with E-state index >= 15 is 0 Å². The van der Waals surface area contributed by atoms with Gasteiger partial charge in [-0.15, -0.1) is 15.7 Å². The maximum absolute atomic E-state index is 12.9. The van der Waals surface area contributed by atoms with Gasteiger partial charge in [0.25, 0.3) is 0 Å². The molecule has 1 fully saturated rings. The Balaban J connectivity index is 1.65. The Morgan fingerprint density at radius 2 is 2.14 bits per heavy atom. The van der Waals surface area contributed by atoms with Gasteiger partial charge in [-0.1, -0.05) is 6.07 Å². The predicted molar refractivity (Wildman–Crippen MR) is 115 cm³/mol. The summed E-state index contributed by atoms with van der Waals surface area (Å²) in [5.74, 6) is 0.574. The Morgan fingerprint density at radius 3 is 2.76 bits per heavy atom. The lowest BCUT2D eigenvalue weighted by Crippen LogP contribution is -2.18. The van der Waals surface area contributed by atoms with Gasteiger partial charge < -0.3 is 10.4 Å². The van der Waals surface area contributed by atoms with E-state index in [2.05, 4.69) is 20.7 Å². The Hall–Kier alpha value is -1.81. The molecule has 2 aromatic rings. The number of fused-ring (bicyclic) bond motifs is 1. The third-order valence-electron chi connectivity index (χ3n) is 5.46. The fourth-order valence-corrected chi connectivity index (χ4v) is 5.90. The minimum absolute atomic E-state index is 0.165. The molecule has 0 radical (unpaired) electrons. The van der Waals surface area contributed by atoms with Gasteiger partial charge in [0.05, 0.1) is 6.20 Å². The van der Waals surface area contributed by atoms with E-state index in [1.807, 2.05) is 6.92 Å². The molecule has 0 unspecified atom stereocenters. The lowest BCUT2D eigenvalue weighted by molar-refractivity contribution is 0.0783. The number of rotatable bonds is 4. The number of hydrogen-bond donors (Lipinski definition) is 3. The number of aromatic nitrogens is 1. The number of urea groups is 1. The van der Waals surface area contributed by atoms with E-state index in [0.29, 0.717) is 10.9 Å². The molecule has 0 aliphatic heterocycles. The number of amides is 2. The van der Waals surface area contributed by atoms with E-state index in [9.17, 15) is 14.1 Å². The summed E-state index contributed by atoms with van der Waals surface area (Å²) < 4.78 is 16.8. The molecule has 1 heterocycles. The minimum atomic E-state index is -3.45. The van der Waals surface area contributed by atoms with Gasteiger partial charge in [-0.25, -0.2) is 19.1 Å². The van der Waals surface area contributed by atoms with E-state index in [1.165, 1.54) is 30.2 Å². The molecule has 1 atom stereocenters. The number of carbonyl (C=O) groups is 1. The SMILES string of the molecule is Cc1c(C2CC2)cc2c(c1NC(=O)N=[S@](N)(=O)c1cnc(C(C)(C)O)s1)CCC2. The maximum Gasteiger partial charge on any atom is 0.354 e. The van der Waals surface area contributed by atoms with Crippen molar-refractivity contribution in [3.63, 3.8) is 0 Å². The van der Waals surface area contributed by atoms with Gasteiger partial charge in [-0.2, -0.15) is 0 Å². The lowest BCUT2D eigenvalue weighted by atomic mass is 9.95. The van der Waals surface area contributed by atoms with Crippen LogP contribution in [-0.4, -0.2) is 20.3 Å². The van der Waals surface area contributed by atoms with Gasteiger partial charge >= 0.3 is 6.03 Å². The van der Waals surface area contributed by atoms with Crippen LogP contribution in [0.1, 0.15) is 66.3 Å². The zero-order valence-corrected chi connectivity index (χ0v) is 18.5. The zero-order valence-electron chi connectivity index (χ0n) is 16.8. The summed E-state index contributed by atoms with van der Waals surface area (Å²) in [6.07, 6.45) is 6.68. The maximum atomic E-state index is 12.9.